The molecule has 0 saturated carbocycles. The normalized spacial score (nSPS) is 20.5. The fourth-order valence-corrected chi connectivity index (χ4v) is 3.23. The van der Waals surface area contributed by atoms with E-state index in [0.717, 1.165) is 5.56 Å². The van der Waals surface area contributed by atoms with Crippen molar-refractivity contribution in [3.05, 3.63) is 63.3 Å². The lowest BCUT2D eigenvalue weighted by atomic mass is 10.1. The Morgan fingerprint density at radius 1 is 1.28 bits per heavy atom. The van der Waals surface area contributed by atoms with Crippen molar-refractivity contribution in [1.82, 2.24) is 14.9 Å². The van der Waals surface area contributed by atoms with Crippen LogP contribution in [0.25, 0.3) is 0 Å². The number of carbonyl (C=O) groups excluding carboxylic acids is 1. The third-order valence-corrected chi connectivity index (χ3v) is 4.45. The number of benzene rings is 1. The highest BCUT2D eigenvalue weighted by Gasteiger charge is 2.29. The van der Waals surface area contributed by atoms with Crippen LogP contribution in [0.15, 0.2) is 35.1 Å². The molecule has 1 aromatic carbocycles. The Kier molecular flexibility index (Phi) is 4.99. The van der Waals surface area contributed by atoms with E-state index in [4.69, 9.17) is 4.74 Å². The number of nitrogens with one attached hydrogen (secondary N) is 1. The van der Waals surface area contributed by atoms with E-state index < -0.39 is 0 Å². The van der Waals surface area contributed by atoms with Gasteiger partial charge in [-0.3, -0.25) is 9.59 Å². The largest absolute Gasteiger partial charge is 0.367 e. The van der Waals surface area contributed by atoms with E-state index in [1.807, 2.05) is 37.3 Å². The van der Waals surface area contributed by atoms with E-state index in [-0.39, 0.29) is 30.1 Å². The van der Waals surface area contributed by atoms with Gasteiger partial charge in [-0.2, -0.15) is 0 Å². The SMILES string of the molecule is Cc1nc(C)c(CC(=O)N2C[C@@H](C)O[C@@H](c3ccccc3)C2)c(=O)[nH]1. The summed E-state index contributed by atoms with van der Waals surface area (Å²) in [5, 5.41) is 0. The Labute approximate surface area is 146 Å². The van der Waals surface area contributed by atoms with Crippen LogP contribution >= 0.6 is 0 Å². The average Bonchev–Trinajstić information content (AvgIpc) is 2.58. The summed E-state index contributed by atoms with van der Waals surface area (Å²) in [4.78, 5) is 33.6. The van der Waals surface area contributed by atoms with E-state index in [1.54, 1.807) is 18.7 Å². The van der Waals surface area contributed by atoms with Gasteiger partial charge in [-0.15, -0.1) is 0 Å². The van der Waals surface area contributed by atoms with E-state index in [9.17, 15) is 9.59 Å². The van der Waals surface area contributed by atoms with Gasteiger partial charge < -0.3 is 14.6 Å². The van der Waals surface area contributed by atoms with Crippen LogP contribution in [0.5, 0.6) is 0 Å². The molecular weight excluding hydrogens is 318 g/mol. The molecule has 0 spiro atoms. The quantitative estimate of drug-likeness (QED) is 0.925. The van der Waals surface area contributed by atoms with Crippen molar-refractivity contribution < 1.29 is 9.53 Å². The lowest BCUT2D eigenvalue weighted by Crippen LogP contribution is -2.47. The summed E-state index contributed by atoms with van der Waals surface area (Å²) < 4.78 is 5.99. The minimum absolute atomic E-state index is 0.0570. The summed E-state index contributed by atoms with van der Waals surface area (Å²) in [7, 11) is 0. The number of nitrogens with zero attached hydrogens (tertiary/aromatic N) is 2. The Morgan fingerprint density at radius 2 is 2.00 bits per heavy atom. The molecule has 0 bridgehead atoms. The molecule has 1 saturated heterocycles. The lowest BCUT2D eigenvalue weighted by Gasteiger charge is -2.37. The standard InChI is InChI=1S/C19H23N3O3/c1-12-10-22(11-17(25-12)15-7-5-4-6-8-15)18(23)9-16-13(2)20-14(3)21-19(16)24/h4-8,12,17H,9-11H2,1-3H3,(H,20,21,24)/t12-,17-/m1/s1. The van der Waals surface area contributed by atoms with Crippen molar-refractivity contribution in [2.24, 2.45) is 0 Å². The molecular formula is C19H23N3O3. The summed E-state index contributed by atoms with van der Waals surface area (Å²) in [5.41, 5.74) is 1.86. The Morgan fingerprint density at radius 3 is 2.68 bits per heavy atom. The number of aryl methyl sites for hydroxylation is 2. The van der Waals surface area contributed by atoms with Crippen LogP contribution in [0.2, 0.25) is 0 Å². The zero-order chi connectivity index (χ0) is 18.0. The van der Waals surface area contributed by atoms with Gasteiger partial charge in [0, 0.05) is 17.8 Å². The topological polar surface area (TPSA) is 75.3 Å². The third-order valence-electron chi connectivity index (χ3n) is 4.45. The number of rotatable bonds is 3. The molecule has 2 atom stereocenters. The number of ether oxygens (including phenoxy) is 1. The van der Waals surface area contributed by atoms with Crippen LogP contribution in [0.4, 0.5) is 0 Å². The van der Waals surface area contributed by atoms with Crippen LogP contribution < -0.4 is 5.56 Å². The number of amides is 1. The second-order valence-electron chi connectivity index (χ2n) is 6.54. The fourth-order valence-electron chi connectivity index (χ4n) is 3.23. The second-order valence-corrected chi connectivity index (χ2v) is 6.54. The van der Waals surface area contributed by atoms with E-state index in [1.165, 1.54) is 0 Å². The molecule has 3 rings (SSSR count). The number of aromatic amines is 1. The van der Waals surface area contributed by atoms with Gasteiger partial charge in [0.25, 0.3) is 5.56 Å². The zero-order valence-corrected chi connectivity index (χ0v) is 14.8. The number of H-pyrrole nitrogens is 1. The van der Waals surface area contributed by atoms with Crippen molar-refractivity contribution in [3.8, 4) is 0 Å². The summed E-state index contributed by atoms with van der Waals surface area (Å²) in [5.74, 6) is 0.484. The Balaban J connectivity index is 1.77. The maximum Gasteiger partial charge on any atom is 0.254 e. The molecule has 132 valence electrons. The maximum atomic E-state index is 12.8. The first-order chi connectivity index (χ1) is 11.9. The number of morpholine rings is 1. The molecule has 0 unspecified atom stereocenters. The molecule has 25 heavy (non-hydrogen) atoms. The molecule has 2 heterocycles. The van der Waals surface area contributed by atoms with Gasteiger partial charge >= 0.3 is 0 Å². The minimum atomic E-state index is -0.237. The van der Waals surface area contributed by atoms with E-state index in [2.05, 4.69) is 9.97 Å². The number of hydrogen-bond acceptors (Lipinski definition) is 4. The van der Waals surface area contributed by atoms with Crippen LogP contribution in [0, 0.1) is 13.8 Å². The predicted molar refractivity (Wildman–Crippen MR) is 94.3 cm³/mol. The van der Waals surface area contributed by atoms with Gasteiger partial charge in [-0.1, -0.05) is 30.3 Å². The van der Waals surface area contributed by atoms with Crippen molar-refractivity contribution in [3.63, 3.8) is 0 Å². The van der Waals surface area contributed by atoms with Crippen LogP contribution in [-0.4, -0.2) is 40.0 Å². The maximum absolute atomic E-state index is 12.8. The number of carbonyl (C=O) groups is 1. The first-order valence-corrected chi connectivity index (χ1v) is 8.48. The molecule has 1 aromatic heterocycles. The summed E-state index contributed by atoms with van der Waals surface area (Å²) >= 11 is 0. The summed E-state index contributed by atoms with van der Waals surface area (Å²) in [6.07, 6.45) is -0.147. The first-order valence-electron chi connectivity index (χ1n) is 8.48. The first kappa shape index (κ1) is 17.4. The van der Waals surface area contributed by atoms with Gasteiger partial charge in [0.15, 0.2) is 0 Å². The summed E-state index contributed by atoms with van der Waals surface area (Å²) in [6.45, 7) is 6.47. The Hall–Kier alpha value is -2.47. The van der Waals surface area contributed by atoms with Gasteiger partial charge in [-0.25, -0.2) is 4.98 Å². The molecule has 1 aliphatic rings. The molecule has 0 aliphatic carbocycles. The highest BCUT2D eigenvalue weighted by molar-refractivity contribution is 5.79. The highest BCUT2D eigenvalue weighted by atomic mass is 16.5. The zero-order valence-electron chi connectivity index (χ0n) is 14.8. The van der Waals surface area contributed by atoms with Crippen LogP contribution in [0.1, 0.15) is 35.7 Å². The lowest BCUT2D eigenvalue weighted by molar-refractivity contribution is -0.144. The molecule has 1 fully saturated rings. The molecule has 6 heteroatoms. The number of aromatic nitrogens is 2. The molecule has 1 aliphatic heterocycles. The fraction of sp³-hybridized carbons (Fsp3) is 0.421. The van der Waals surface area contributed by atoms with Gasteiger partial charge in [0.05, 0.1) is 19.1 Å². The highest BCUT2D eigenvalue weighted by Crippen LogP contribution is 2.25. The van der Waals surface area contributed by atoms with Gasteiger partial charge in [-0.05, 0) is 26.3 Å². The minimum Gasteiger partial charge on any atom is -0.367 e. The van der Waals surface area contributed by atoms with E-state index >= 15 is 0 Å². The smallest absolute Gasteiger partial charge is 0.254 e. The van der Waals surface area contributed by atoms with Crippen molar-refractivity contribution in [1.29, 1.82) is 0 Å². The molecule has 6 nitrogen and oxygen atoms in total. The van der Waals surface area contributed by atoms with Crippen molar-refractivity contribution in [2.75, 3.05) is 13.1 Å². The Bertz CT molecular complexity index is 816. The number of hydrogen-bond donors (Lipinski definition) is 1. The third kappa shape index (κ3) is 3.96. The molecule has 1 N–H and O–H groups in total. The molecule has 1 amide bonds. The summed E-state index contributed by atoms with van der Waals surface area (Å²) in [6, 6.07) is 9.89. The van der Waals surface area contributed by atoms with Gasteiger partial charge in [0.1, 0.15) is 11.9 Å². The second kappa shape index (κ2) is 7.19. The van der Waals surface area contributed by atoms with E-state index in [0.29, 0.717) is 30.2 Å². The van der Waals surface area contributed by atoms with Crippen LogP contribution in [0.3, 0.4) is 0 Å². The van der Waals surface area contributed by atoms with Gasteiger partial charge in [0.2, 0.25) is 5.91 Å². The van der Waals surface area contributed by atoms with Crippen molar-refractivity contribution in [2.45, 2.75) is 39.4 Å². The average molecular weight is 341 g/mol. The monoisotopic (exact) mass is 341 g/mol. The predicted octanol–water partition coefficient (Wildman–Crippen LogP) is 1.92. The van der Waals surface area contributed by atoms with Crippen molar-refractivity contribution >= 4 is 5.91 Å². The molecule has 0 radical (unpaired) electrons. The van der Waals surface area contributed by atoms with Crippen LogP contribution in [-0.2, 0) is 16.0 Å². The molecule has 2 aromatic rings.